The van der Waals surface area contributed by atoms with Gasteiger partial charge < -0.3 is 20.5 Å². The number of nitrogens with one attached hydrogen (secondary N) is 2. The largest absolute Gasteiger partial charge is 0.482 e. The minimum atomic E-state index is -0.971. The summed E-state index contributed by atoms with van der Waals surface area (Å²) in [7, 11) is 0. The zero-order valence-corrected chi connectivity index (χ0v) is 10.8. The third-order valence-electron chi connectivity index (χ3n) is 2.56. The minimum Gasteiger partial charge on any atom is -0.482 e. The van der Waals surface area contributed by atoms with Gasteiger partial charge in [0, 0.05) is 12.1 Å². The van der Waals surface area contributed by atoms with Gasteiger partial charge in [-0.1, -0.05) is 0 Å². The Kier molecular flexibility index (Phi) is 3.44. The van der Waals surface area contributed by atoms with Crippen molar-refractivity contribution in [3.8, 4) is 5.75 Å². The topological polar surface area (TPSA) is 87.7 Å². The van der Waals surface area contributed by atoms with Crippen LogP contribution in [0.2, 0.25) is 0 Å². The van der Waals surface area contributed by atoms with Gasteiger partial charge in [0.05, 0.1) is 11.3 Å². The highest BCUT2D eigenvalue weighted by molar-refractivity contribution is 5.99. The van der Waals surface area contributed by atoms with Gasteiger partial charge >= 0.3 is 0 Å². The second-order valence-corrected chi connectivity index (χ2v) is 5.04. The monoisotopic (exact) mass is 264 g/mol. The normalized spacial score (nSPS) is 14.2. The molecule has 3 N–H and O–H groups in total. The van der Waals surface area contributed by atoms with Crippen molar-refractivity contribution in [3.05, 3.63) is 23.8 Å². The number of ether oxygens (including phenoxy) is 1. The zero-order chi connectivity index (χ0) is 14.0. The first-order chi connectivity index (χ1) is 8.85. The van der Waals surface area contributed by atoms with E-state index in [0.29, 0.717) is 17.0 Å². The molecular weight excluding hydrogens is 248 g/mol. The molecule has 0 atom stereocenters. The van der Waals surface area contributed by atoms with Gasteiger partial charge in [-0.25, -0.2) is 0 Å². The summed E-state index contributed by atoms with van der Waals surface area (Å²) >= 11 is 0. The molecule has 0 spiro atoms. The van der Waals surface area contributed by atoms with Gasteiger partial charge in [0.2, 0.25) is 0 Å². The van der Waals surface area contributed by atoms with E-state index in [-0.39, 0.29) is 25.0 Å². The lowest BCUT2D eigenvalue weighted by atomic mass is 10.1. The summed E-state index contributed by atoms with van der Waals surface area (Å²) in [6.45, 7) is 3.34. The molecule has 1 aromatic carbocycles. The summed E-state index contributed by atoms with van der Waals surface area (Å²) in [5, 5.41) is 14.8. The summed E-state index contributed by atoms with van der Waals surface area (Å²) in [6.07, 6.45) is 0. The SMILES string of the molecule is CC(C)(O)CNC(=O)c1ccc2c(c1)NC(=O)CO2. The van der Waals surface area contributed by atoms with E-state index in [0.717, 1.165) is 0 Å². The van der Waals surface area contributed by atoms with E-state index in [1.165, 1.54) is 0 Å². The first-order valence-corrected chi connectivity index (χ1v) is 5.92. The first-order valence-electron chi connectivity index (χ1n) is 5.92. The van der Waals surface area contributed by atoms with E-state index >= 15 is 0 Å². The van der Waals surface area contributed by atoms with Gasteiger partial charge in [-0.05, 0) is 32.0 Å². The number of aliphatic hydroxyl groups is 1. The second-order valence-electron chi connectivity index (χ2n) is 5.04. The molecule has 1 heterocycles. The van der Waals surface area contributed by atoms with E-state index in [9.17, 15) is 14.7 Å². The van der Waals surface area contributed by atoms with Crippen LogP contribution >= 0.6 is 0 Å². The summed E-state index contributed by atoms with van der Waals surface area (Å²) in [6, 6.07) is 4.79. The Bertz CT molecular complexity index is 520. The van der Waals surface area contributed by atoms with Gasteiger partial charge in [-0.15, -0.1) is 0 Å². The molecule has 6 heteroatoms. The quantitative estimate of drug-likeness (QED) is 0.742. The van der Waals surface area contributed by atoms with Crippen LogP contribution in [-0.2, 0) is 4.79 Å². The predicted molar refractivity (Wildman–Crippen MR) is 69.2 cm³/mol. The van der Waals surface area contributed by atoms with Crippen molar-refractivity contribution in [2.75, 3.05) is 18.5 Å². The second kappa shape index (κ2) is 4.89. The molecule has 1 aromatic rings. The maximum Gasteiger partial charge on any atom is 0.262 e. The number of carbonyl (C=O) groups is 2. The molecule has 19 heavy (non-hydrogen) atoms. The Morgan fingerprint density at radius 1 is 1.53 bits per heavy atom. The van der Waals surface area contributed by atoms with Crippen molar-refractivity contribution in [2.24, 2.45) is 0 Å². The molecule has 2 amide bonds. The van der Waals surface area contributed by atoms with Crippen molar-refractivity contribution in [1.29, 1.82) is 0 Å². The molecule has 6 nitrogen and oxygen atoms in total. The molecule has 0 radical (unpaired) electrons. The molecule has 1 aliphatic heterocycles. The fourth-order valence-electron chi connectivity index (χ4n) is 1.62. The Hall–Kier alpha value is -2.08. The Morgan fingerprint density at radius 3 is 2.95 bits per heavy atom. The number of amides is 2. The zero-order valence-electron chi connectivity index (χ0n) is 10.8. The summed E-state index contributed by atoms with van der Waals surface area (Å²) in [4.78, 5) is 23.1. The van der Waals surface area contributed by atoms with Crippen LogP contribution in [-0.4, -0.2) is 35.7 Å². The number of anilines is 1. The summed E-state index contributed by atoms with van der Waals surface area (Å²) in [5.74, 6) is -0.0232. The standard InChI is InChI=1S/C13H16N2O4/c1-13(2,18)7-14-12(17)8-3-4-10-9(5-8)15-11(16)6-19-10/h3-5,18H,6-7H2,1-2H3,(H,14,17)(H,15,16). The van der Waals surface area contributed by atoms with E-state index in [2.05, 4.69) is 10.6 Å². The van der Waals surface area contributed by atoms with E-state index < -0.39 is 5.60 Å². The van der Waals surface area contributed by atoms with Crippen molar-refractivity contribution >= 4 is 17.5 Å². The molecule has 0 saturated carbocycles. The van der Waals surface area contributed by atoms with Crippen LogP contribution in [0.4, 0.5) is 5.69 Å². The number of rotatable bonds is 3. The van der Waals surface area contributed by atoms with Crippen LogP contribution in [0, 0.1) is 0 Å². The lowest BCUT2D eigenvalue weighted by Gasteiger charge is -2.20. The molecule has 0 fully saturated rings. The Labute approximate surface area is 110 Å². The number of carbonyl (C=O) groups excluding carboxylic acids is 2. The third kappa shape index (κ3) is 3.45. The van der Waals surface area contributed by atoms with Crippen molar-refractivity contribution < 1.29 is 19.4 Å². The van der Waals surface area contributed by atoms with Gasteiger partial charge in [0.25, 0.3) is 11.8 Å². The van der Waals surface area contributed by atoms with E-state index in [1.54, 1.807) is 32.0 Å². The molecule has 0 bridgehead atoms. The maximum absolute atomic E-state index is 11.9. The fourth-order valence-corrected chi connectivity index (χ4v) is 1.62. The number of hydrogen-bond donors (Lipinski definition) is 3. The van der Waals surface area contributed by atoms with Crippen molar-refractivity contribution in [3.63, 3.8) is 0 Å². The van der Waals surface area contributed by atoms with E-state index in [1.807, 2.05) is 0 Å². The van der Waals surface area contributed by atoms with Crippen LogP contribution in [0.3, 0.4) is 0 Å². The number of benzene rings is 1. The molecule has 0 unspecified atom stereocenters. The molecule has 102 valence electrons. The smallest absolute Gasteiger partial charge is 0.262 e. The number of fused-ring (bicyclic) bond motifs is 1. The Balaban J connectivity index is 2.11. The highest BCUT2D eigenvalue weighted by Gasteiger charge is 2.19. The molecular formula is C13H16N2O4. The predicted octanol–water partition coefficient (Wildman–Crippen LogP) is 0.518. The summed E-state index contributed by atoms with van der Waals surface area (Å²) in [5.41, 5.74) is -0.0951. The highest BCUT2D eigenvalue weighted by atomic mass is 16.5. The molecule has 0 aliphatic carbocycles. The number of hydrogen-bond acceptors (Lipinski definition) is 4. The highest BCUT2D eigenvalue weighted by Crippen LogP contribution is 2.28. The van der Waals surface area contributed by atoms with Crippen LogP contribution in [0.1, 0.15) is 24.2 Å². The minimum absolute atomic E-state index is 0.0166. The average molecular weight is 264 g/mol. The third-order valence-corrected chi connectivity index (χ3v) is 2.56. The van der Waals surface area contributed by atoms with Gasteiger partial charge in [0.1, 0.15) is 5.75 Å². The lowest BCUT2D eigenvalue weighted by Crippen LogP contribution is -2.38. The van der Waals surface area contributed by atoms with Crippen molar-refractivity contribution in [2.45, 2.75) is 19.4 Å². The fraction of sp³-hybridized carbons (Fsp3) is 0.385. The Morgan fingerprint density at radius 2 is 2.26 bits per heavy atom. The molecule has 0 aromatic heterocycles. The molecule has 0 saturated heterocycles. The average Bonchev–Trinajstić information content (AvgIpc) is 2.34. The lowest BCUT2D eigenvalue weighted by molar-refractivity contribution is -0.118. The summed E-state index contributed by atoms with van der Waals surface area (Å²) < 4.78 is 5.20. The van der Waals surface area contributed by atoms with Gasteiger partial charge in [-0.3, -0.25) is 9.59 Å². The van der Waals surface area contributed by atoms with Gasteiger partial charge in [-0.2, -0.15) is 0 Å². The van der Waals surface area contributed by atoms with Crippen molar-refractivity contribution in [1.82, 2.24) is 5.32 Å². The first kappa shape index (κ1) is 13.4. The van der Waals surface area contributed by atoms with Crippen LogP contribution in [0.15, 0.2) is 18.2 Å². The molecule has 1 aliphatic rings. The van der Waals surface area contributed by atoms with Gasteiger partial charge in [0.15, 0.2) is 6.61 Å². The van der Waals surface area contributed by atoms with Crippen LogP contribution < -0.4 is 15.4 Å². The maximum atomic E-state index is 11.9. The van der Waals surface area contributed by atoms with E-state index in [4.69, 9.17) is 4.74 Å². The molecule has 2 rings (SSSR count). The van der Waals surface area contributed by atoms with Crippen LogP contribution in [0.25, 0.3) is 0 Å². The van der Waals surface area contributed by atoms with Crippen LogP contribution in [0.5, 0.6) is 5.75 Å².